The molecule has 5 nitrogen and oxygen atoms in total. The van der Waals surface area contributed by atoms with Crippen molar-refractivity contribution in [1.29, 1.82) is 0 Å². The maximum absolute atomic E-state index is 12.8. The van der Waals surface area contributed by atoms with Gasteiger partial charge in [-0.3, -0.25) is 4.79 Å². The van der Waals surface area contributed by atoms with E-state index < -0.39 is 0 Å². The predicted octanol–water partition coefficient (Wildman–Crippen LogP) is 3.08. The molecule has 2 heterocycles. The van der Waals surface area contributed by atoms with Gasteiger partial charge < -0.3 is 9.64 Å². The Hall–Kier alpha value is -1.79. The van der Waals surface area contributed by atoms with Crippen LogP contribution >= 0.6 is 11.7 Å². The third kappa shape index (κ3) is 3.43. The molecule has 1 amide bonds. The molecule has 1 saturated heterocycles. The Morgan fingerprint density at radius 3 is 2.61 bits per heavy atom. The summed E-state index contributed by atoms with van der Waals surface area (Å²) in [7, 11) is 0. The van der Waals surface area contributed by atoms with Gasteiger partial charge in [-0.05, 0) is 18.4 Å². The molecule has 0 N–H and O–H groups in total. The molecule has 3 rings (SSSR count). The molecule has 1 aliphatic rings. The standard InChI is InChI=1S/C17H21N3O2S/c1-11(2)14-9-20(17(21)16-12(3)18-23-19-16)10-15(22-14)13-7-5-4-6-8-13/h4-8,11,14-15H,9-10H2,1-3H3/t14-,15+/m1/s1. The van der Waals surface area contributed by atoms with Crippen LogP contribution in [0.5, 0.6) is 0 Å². The second-order valence-corrected chi connectivity index (χ2v) is 6.75. The summed E-state index contributed by atoms with van der Waals surface area (Å²) >= 11 is 1.08. The second kappa shape index (κ2) is 6.76. The molecule has 6 heteroatoms. The van der Waals surface area contributed by atoms with Gasteiger partial charge >= 0.3 is 0 Å². The smallest absolute Gasteiger partial charge is 0.275 e. The van der Waals surface area contributed by atoms with E-state index >= 15 is 0 Å². The topological polar surface area (TPSA) is 55.3 Å². The monoisotopic (exact) mass is 331 g/mol. The molecule has 1 aromatic heterocycles. The fraction of sp³-hybridized carbons (Fsp3) is 0.471. The molecule has 2 atom stereocenters. The van der Waals surface area contributed by atoms with Crippen molar-refractivity contribution in [3.63, 3.8) is 0 Å². The maximum Gasteiger partial charge on any atom is 0.275 e. The Balaban J connectivity index is 1.85. The highest BCUT2D eigenvalue weighted by molar-refractivity contribution is 6.99. The number of aryl methyl sites for hydroxylation is 1. The van der Waals surface area contributed by atoms with Crippen molar-refractivity contribution in [2.75, 3.05) is 13.1 Å². The van der Waals surface area contributed by atoms with Crippen LogP contribution in [-0.2, 0) is 4.74 Å². The van der Waals surface area contributed by atoms with Gasteiger partial charge in [0.25, 0.3) is 5.91 Å². The highest BCUT2D eigenvalue weighted by atomic mass is 32.1. The number of hydrogen-bond donors (Lipinski definition) is 0. The first-order valence-corrected chi connectivity index (χ1v) is 8.58. The molecule has 1 aromatic carbocycles. The summed E-state index contributed by atoms with van der Waals surface area (Å²) in [5.41, 5.74) is 2.26. The van der Waals surface area contributed by atoms with Crippen LogP contribution in [0.1, 0.15) is 41.7 Å². The van der Waals surface area contributed by atoms with Crippen LogP contribution in [0.4, 0.5) is 0 Å². The summed E-state index contributed by atoms with van der Waals surface area (Å²) in [4.78, 5) is 14.7. The van der Waals surface area contributed by atoms with Crippen LogP contribution in [0.3, 0.4) is 0 Å². The Bertz CT molecular complexity index is 671. The van der Waals surface area contributed by atoms with Crippen LogP contribution in [0.2, 0.25) is 0 Å². The number of benzene rings is 1. The lowest BCUT2D eigenvalue weighted by Crippen LogP contribution is -2.48. The SMILES string of the molecule is Cc1nsnc1C(=O)N1C[C@@H](c2ccccc2)O[C@@H](C(C)C)C1. The van der Waals surface area contributed by atoms with E-state index in [4.69, 9.17) is 4.74 Å². The van der Waals surface area contributed by atoms with Crippen molar-refractivity contribution in [2.24, 2.45) is 5.92 Å². The van der Waals surface area contributed by atoms with Crippen molar-refractivity contribution in [2.45, 2.75) is 33.0 Å². The van der Waals surface area contributed by atoms with Crippen LogP contribution < -0.4 is 0 Å². The van der Waals surface area contributed by atoms with Gasteiger partial charge in [0.1, 0.15) is 6.10 Å². The zero-order chi connectivity index (χ0) is 16.4. The number of aromatic nitrogens is 2. The van der Waals surface area contributed by atoms with Crippen LogP contribution in [0.25, 0.3) is 0 Å². The zero-order valence-electron chi connectivity index (χ0n) is 13.6. The summed E-state index contributed by atoms with van der Waals surface area (Å²) in [5, 5.41) is 0. The highest BCUT2D eigenvalue weighted by Crippen LogP contribution is 2.29. The molecule has 2 aromatic rings. The maximum atomic E-state index is 12.8. The molecule has 0 unspecified atom stereocenters. The summed E-state index contributed by atoms with van der Waals surface area (Å²) < 4.78 is 14.5. The van der Waals surface area contributed by atoms with Gasteiger partial charge in [-0.1, -0.05) is 44.2 Å². The molecule has 122 valence electrons. The minimum Gasteiger partial charge on any atom is -0.366 e. The van der Waals surface area contributed by atoms with Gasteiger partial charge in [0, 0.05) is 6.54 Å². The fourth-order valence-electron chi connectivity index (χ4n) is 2.75. The minimum atomic E-state index is -0.104. The number of nitrogens with zero attached hydrogens (tertiary/aromatic N) is 3. The number of carbonyl (C=O) groups is 1. The quantitative estimate of drug-likeness (QED) is 0.867. The lowest BCUT2D eigenvalue weighted by atomic mass is 10.0. The molecule has 1 fully saturated rings. The summed E-state index contributed by atoms with van der Waals surface area (Å²) in [6.07, 6.45) is -0.0852. The summed E-state index contributed by atoms with van der Waals surface area (Å²) in [5.74, 6) is 0.289. The van der Waals surface area contributed by atoms with Gasteiger partial charge in [0.2, 0.25) is 0 Å². The van der Waals surface area contributed by atoms with Gasteiger partial charge in [0.15, 0.2) is 5.69 Å². The first kappa shape index (κ1) is 16.1. The lowest BCUT2D eigenvalue weighted by molar-refractivity contribution is -0.0955. The van der Waals surface area contributed by atoms with Crippen molar-refractivity contribution < 1.29 is 9.53 Å². The fourth-order valence-corrected chi connectivity index (χ4v) is 3.29. The normalized spacial score (nSPS) is 21.7. The Kier molecular flexibility index (Phi) is 4.73. The van der Waals surface area contributed by atoms with Crippen molar-refractivity contribution in [3.05, 3.63) is 47.3 Å². The molecule has 0 radical (unpaired) electrons. The largest absolute Gasteiger partial charge is 0.366 e. The average Bonchev–Trinajstić information content (AvgIpc) is 3.00. The number of amides is 1. The molecule has 0 saturated carbocycles. The number of ether oxygens (including phenoxy) is 1. The van der Waals surface area contributed by atoms with Crippen molar-refractivity contribution >= 4 is 17.6 Å². The highest BCUT2D eigenvalue weighted by Gasteiger charge is 2.34. The van der Waals surface area contributed by atoms with Crippen LogP contribution in [0.15, 0.2) is 30.3 Å². The molecular weight excluding hydrogens is 310 g/mol. The lowest BCUT2D eigenvalue weighted by Gasteiger charge is -2.39. The molecule has 1 aliphatic heterocycles. The van der Waals surface area contributed by atoms with E-state index in [-0.39, 0.29) is 18.1 Å². The minimum absolute atomic E-state index is 0.0183. The van der Waals surface area contributed by atoms with E-state index in [1.165, 1.54) is 0 Å². The first-order chi connectivity index (χ1) is 11.1. The number of carbonyl (C=O) groups excluding carboxylic acids is 1. The van der Waals surface area contributed by atoms with Crippen molar-refractivity contribution in [3.8, 4) is 0 Å². The van der Waals surface area contributed by atoms with Crippen LogP contribution in [-0.4, -0.2) is 38.7 Å². The zero-order valence-corrected chi connectivity index (χ0v) is 14.4. The van der Waals surface area contributed by atoms with E-state index in [1.54, 1.807) is 0 Å². The van der Waals surface area contributed by atoms with E-state index in [9.17, 15) is 4.79 Å². The van der Waals surface area contributed by atoms with Gasteiger partial charge in [0.05, 0.1) is 30.1 Å². The number of morpholine rings is 1. The Morgan fingerprint density at radius 2 is 2.00 bits per heavy atom. The van der Waals surface area contributed by atoms with E-state index in [1.807, 2.05) is 42.2 Å². The summed E-state index contributed by atoms with van der Waals surface area (Å²) in [6, 6.07) is 10.1. The third-order valence-corrected chi connectivity index (χ3v) is 4.80. The van der Waals surface area contributed by atoms with Crippen molar-refractivity contribution in [1.82, 2.24) is 13.6 Å². The van der Waals surface area contributed by atoms with Gasteiger partial charge in [-0.15, -0.1) is 0 Å². The van der Waals surface area contributed by atoms with E-state index in [2.05, 4.69) is 22.6 Å². The Labute approximate surface area is 140 Å². The molecular formula is C17H21N3O2S. The number of hydrogen-bond acceptors (Lipinski definition) is 5. The second-order valence-electron chi connectivity index (χ2n) is 6.23. The Morgan fingerprint density at radius 1 is 1.26 bits per heavy atom. The number of rotatable bonds is 3. The van der Waals surface area contributed by atoms with Gasteiger partial charge in [-0.25, -0.2) is 0 Å². The predicted molar refractivity (Wildman–Crippen MR) is 89.4 cm³/mol. The molecule has 0 aliphatic carbocycles. The average molecular weight is 331 g/mol. The molecule has 0 bridgehead atoms. The van der Waals surface area contributed by atoms with Gasteiger partial charge in [-0.2, -0.15) is 8.75 Å². The summed E-state index contributed by atoms with van der Waals surface area (Å²) in [6.45, 7) is 7.21. The van der Waals surface area contributed by atoms with Crippen LogP contribution in [0, 0.1) is 12.8 Å². The van der Waals surface area contributed by atoms with E-state index in [0.717, 1.165) is 17.3 Å². The molecule has 23 heavy (non-hydrogen) atoms. The van der Waals surface area contributed by atoms with E-state index in [0.29, 0.717) is 30.4 Å². The first-order valence-electron chi connectivity index (χ1n) is 7.85. The third-order valence-electron chi connectivity index (χ3n) is 4.18. The molecule has 0 spiro atoms.